The molecule has 3 rings (SSSR count). The van der Waals surface area contributed by atoms with Crippen molar-refractivity contribution >= 4 is 5.91 Å². The maximum absolute atomic E-state index is 12.5. The Morgan fingerprint density at radius 3 is 2.96 bits per heavy atom. The monoisotopic (exact) mass is 343 g/mol. The van der Waals surface area contributed by atoms with Crippen LogP contribution in [0.2, 0.25) is 0 Å². The third-order valence-corrected chi connectivity index (χ3v) is 4.83. The zero-order valence-electron chi connectivity index (χ0n) is 14.8. The first-order valence-corrected chi connectivity index (χ1v) is 8.68. The average Bonchev–Trinajstić information content (AvgIpc) is 3.33. The van der Waals surface area contributed by atoms with Crippen LogP contribution in [-0.2, 0) is 11.2 Å². The van der Waals surface area contributed by atoms with Gasteiger partial charge < -0.3 is 14.4 Å². The van der Waals surface area contributed by atoms with Crippen LogP contribution in [0.3, 0.4) is 0 Å². The van der Waals surface area contributed by atoms with Crippen molar-refractivity contribution in [1.82, 2.24) is 15.1 Å². The van der Waals surface area contributed by atoms with Gasteiger partial charge in [0.2, 0.25) is 5.91 Å². The Kier molecular flexibility index (Phi) is 5.58. The van der Waals surface area contributed by atoms with Crippen molar-refractivity contribution < 1.29 is 14.3 Å². The van der Waals surface area contributed by atoms with E-state index in [2.05, 4.69) is 10.2 Å². The van der Waals surface area contributed by atoms with Gasteiger partial charge in [0.25, 0.3) is 0 Å². The second-order valence-electron chi connectivity index (χ2n) is 6.39. The summed E-state index contributed by atoms with van der Waals surface area (Å²) in [5, 5.41) is 6.73. The molecule has 0 radical (unpaired) electrons. The van der Waals surface area contributed by atoms with Crippen molar-refractivity contribution in [3.05, 3.63) is 41.7 Å². The minimum absolute atomic E-state index is 0.229. The van der Waals surface area contributed by atoms with Crippen molar-refractivity contribution in [2.75, 3.05) is 27.3 Å². The van der Waals surface area contributed by atoms with E-state index in [0.717, 1.165) is 55.0 Å². The molecule has 2 heterocycles. The SMILES string of the molecule is COc1ccc(OC)c([C@H]2CCN(C(=O)CCCc3cn[nH]c3)C2)c1. The summed E-state index contributed by atoms with van der Waals surface area (Å²) in [5.74, 6) is 2.21. The van der Waals surface area contributed by atoms with E-state index in [9.17, 15) is 4.79 Å². The van der Waals surface area contributed by atoms with Crippen LogP contribution in [0.15, 0.2) is 30.6 Å². The number of H-pyrrole nitrogens is 1. The van der Waals surface area contributed by atoms with Crippen molar-refractivity contribution in [3.63, 3.8) is 0 Å². The normalized spacial score (nSPS) is 16.9. The molecular formula is C19H25N3O3. The molecule has 25 heavy (non-hydrogen) atoms. The molecule has 1 aromatic heterocycles. The van der Waals surface area contributed by atoms with E-state index in [4.69, 9.17) is 9.47 Å². The van der Waals surface area contributed by atoms with E-state index < -0.39 is 0 Å². The molecule has 0 unspecified atom stereocenters. The summed E-state index contributed by atoms with van der Waals surface area (Å²) in [5.41, 5.74) is 2.27. The molecule has 1 aliphatic heterocycles. The number of benzene rings is 1. The lowest BCUT2D eigenvalue weighted by Crippen LogP contribution is -2.28. The molecule has 1 saturated heterocycles. The molecular weight excluding hydrogens is 318 g/mol. The standard InChI is InChI=1S/C19H25N3O3/c1-24-16-6-7-18(25-2)17(10-16)15-8-9-22(13-15)19(23)5-3-4-14-11-20-21-12-14/h6-7,10-12,15H,3-5,8-9,13H2,1-2H3,(H,20,21)/t15-/m0/s1. The van der Waals surface area contributed by atoms with Crippen LogP contribution in [0.25, 0.3) is 0 Å². The van der Waals surface area contributed by atoms with Crippen LogP contribution in [0.4, 0.5) is 0 Å². The summed E-state index contributed by atoms with van der Waals surface area (Å²) < 4.78 is 10.8. The van der Waals surface area contributed by atoms with Crippen LogP contribution in [0, 0.1) is 0 Å². The number of likely N-dealkylation sites (tertiary alicyclic amines) is 1. The Balaban J connectivity index is 1.56. The Labute approximate surface area is 148 Å². The highest BCUT2D eigenvalue weighted by atomic mass is 16.5. The fourth-order valence-electron chi connectivity index (χ4n) is 3.42. The fourth-order valence-corrected chi connectivity index (χ4v) is 3.42. The van der Waals surface area contributed by atoms with Gasteiger partial charge in [-0.3, -0.25) is 9.89 Å². The second-order valence-corrected chi connectivity index (χ2v) is 6.39. The van der Waals surface area contributed by atoms with Gasteiger partial charge >= 0.3 is 0 Å². The number of methoxy groups -OCH3 is 2. The van der Waals surface area contributed by atoms with E-state index in [1.165, 1.54) is 0 Å². The largest absolute Gasteiger partial charge is 0.497 e. The van der Waals surface area contributed by atoms with Gasteiger partial charge in [-0.2, -0.15) is 5.10 Å². The first kappa shape index (κ1) is 17.3. The number of hydrogen-bond donors (Lipinski definition) is 1. The third-order valence-electron chi connectivity index (χ3n) is 4.83. The molecule has 0 bridgehead atoms. The Morgan fingerprint density at radius 2 is 2.24 bits per heavy atom. The van der Waals surface area contributed by atoms with Crippen LogP contribution in [0.5, 0.6) is 11.5 Å². The number of amides is 1. The molecule has 0 saturated carbocycles. The molecule has 1 aliphatic rings. The summed E-state index contributed by atoms with van der Waals surface area (Å²) in [6, 6.07) is 5.86. The number of nitrogens with zero attached hydrogens (tertiary/aromatic N) is 2. The van der Waals surface area contributed by atoms with Crippen LogP contribution < -0.4 is 9.47 Å². The zero-order valence-corrected chi connectivity index (χ0v) is 14.8. The van der Waals surface area contributed by atoms with Gasteiger partial charge in [-0.1, -0.05) is 0 Å². The molecule has 6 heteroatoms. The predicted octanol–water partition coefficient (Wildman–Crippen LogP) is 2.77. The summed E-state index contributed by atoms with van der Waals surface area (Å²) in [4.78, 5) is 14.4. The molecule has 0 aliphatic carbocycles. The molecule has 6 nitrogen and oxygen atoms in total. The Bertz CT molecular complexity index is 700. The topological polar surface area (TPSA) is 67.5 Å². The number of aryl methyl sites for hydroxylation is 1. The second kappa shape index (κ2) is 8.05. The van der Waals surface area contributed by atoms with Gasteiger partial charge in [-0.05, 0) is 43.0 Å². The lowest BCUT2D eigenvalue weighted by molar-refractivity contribution is -0.130. The van der Waals surface area contributed by atoms with E-state index in [1.54, 1.807) is 14.2 Å². The van der Waals surface area contributed by atoms with Crippen LogP contribution in [0.1, 0.15) is 36.3 Å². The summed E-state index contributed by atoms with van der Waals surface area (Å²) in [7, 11) is 3.34. The number of aromatic amines is 1. The summed E-state index contributed by atoms with van der Waals surface area (Å²) in [6.45, 7) is 1.55. The summed E-state index contributed by atoms with van der Waals surface area (Å²) >= 11 is 0. The molecule has 2 aromatic rings. The Morgan fingerprint density at radius 1 is 1.36 bits per heavy atom. The average molecular weight is 343 g/mol. The fraction of sp³-hybridized carbons (Fsp3) is 0.474. The highest BCUT2D eigenvalue weighted by Gasteiger charge is 2.29. The first-order chi connectivity index (χ1) is 12.2. The molecule has 1 aromatic carbocycles. The van der Waals surface area contributed by atoms with Crippen molar-refractivity contribution in [2.24, 2.45) is 0 Å². The number of nitrogens with one attached hydrogen (secondary N) is 1. The lowest BCUT2D eigenvalue weighted by Gasteiger charge is -2.18. The predicted molar refractivity (Wildman–Crippen MR) is 95.0 cm³/mol. The van der Waals surface area contributed by atoms with Crippen molar-refractivity contribution in [3.8, 4) is 11.5 Å². The number of ether oxygens (including phenoxy) is 2. The smallest absolute Gasteiger partial charge is 0.222 e. The maximum atomic E-state index is 12.5. The first-order valence-electron chi connectivity index (χ1n) is 8.68. The third kappa shape index (κ3) is 4.13. The highest BCUT2D eigenvalue weighted by molar-refractivity contribution is 5.76. The number of hydrogen-bond acceptors (Lipinski definition) is 4. The minimum Gasteiger partial charge on any atom is -0.497 e. The van der Waals surface area contributed by atoms with Crippen molar-refractivity contribution in [2.45, 2.75) is 31.6 Å². The molecule has 1 fully saturated rings. The molecule has 134 valence electrons. The van der Waals surface area contributed by atoms with Gasteiger partial charge in [0.15, 0.2) is 0 Å². The van der Waals surface area contributed by atoms with E-state index in [-0.39, 0.29) is 5.91 Å². The molecule has 0 spiro atoms. The quantitative estimate of drug-likeness (QED) is 0.839. The summed E-state index contributed by atoms with van der Waals surface area (Å²) in [6.07, 6.45) is 6.95. The minimum atomic E-state index is 0.229. The zero-order chi connectivity index (χ0) is 17.6. The number of carbonyl (C=O) groups excluding carboxylic acids is 1. The van der Waals surface area contributed by atoms with Gasteiger partial charge in [0.1, 0.15) is 11.5 Å². The van der Waals surface area contributed by atoms with Gasteiger partial charge in [-0.25, -0.2) is 0 Å². The van der Waals surface area contributed by atoms with Gasteiger partial charge in [-0.15, -0.1) is 0 Å². The molecule has 1 atom stereocenters. The Hall–Kier alpha value is -2.50. The van der Waals surface area contributed by atoms with E-state index in [1.807, 2.05) is 35.5 Å². The molecule has 1 N–H and O–H groups in total. The van der Waals surface area contributed by atoms with Crippen LogP contribution in [-0.4, -0.2) is 48.3 Å². The number of rotatable bonds is 7. The van der Waals surface area contributed by atoms with E-state index in [0.29, 0.717) is 12.3 Å². The lowest BCUT2D eigenvalue weighted by atomic mass is 9.97. The van der Waals surface area contributed by atoms with Crippen molar-refractivity contribution in [1.29, 1.82) is 0 Å². The maximum Gasteiger partial charge on any atom is 0.222 e. The number of aromatic nitrogens is 2. The van der Waals surface area contributed by atoms with Gasteiger partial charge in [0.05, 0.1) is 20.4 Å². The highest BCUT2D eigenvalue weighted by Crippen LogP contribution is 2.36. The van der Waals surface area contributed by atoms with Gasteiger partial charge in [0, 0.05) is 37.2 Å². The van der Waals surface area contributed by atoms with Crippen LogP contribution >= 0.6 is 0 Å². The number of carbonyl (C=O) groups is 1. The van der Waals surface area contributed by atoms with E-state index >= 15 is 0 Å². The molecule has 1 amide bonds.